The van der Waals surface area contributed by atoms with Crippen LogP contribution in [0.4, 0.5) is 0 Å². The average Bonchev–Trinajstić information content (AvgIpc) is 2.45. The van der Waals surface area contributed by atoms with Crippen molar-refractivity contribution in [2.75, 3.05) is 18.4 Å². The van der Waals surface area contributed by atoms with Crippen molar-refractivity contribution in [3.05, 3.63) is 19.2 Å². The third kappa shape index (κ3) is 2.48. The van der Waals surface area contributed by atoms with Gasteiger partial charge < -0.3 is 4.90 Å². The van der Waals surface area contributed by atoms with Gasteiger partial charge in [0, 0.05) is 28.8 Å². The van der Waals surface area contributed by atoms with E-state index in [4.69, 9.17) is 0 Å². The number of nitrogens with zero attached hydrogens (tertiary/aromatic N) is 1. The van der Waals surface area contributed by atoms with Gasteiger partial charge in [0.15, 0.2) is 0 Å². The number of alkyl halides is 1. The van der Waals surface area contributed by atoms with E-state index in [-0.39, 0.29) is 5.91 Å². The van der Waals surface area contributed by atoms with E-state index in [0.29, 0.717) is 5.92 Å². The van der Waals surface area contributed by atoms with Gasteiger partial charge in [-0.25, -0.2) is 0 Å². The Labute approximate surface area is 117 Å². The van der Waals surface area contributed by atoms with Crippen molar-refractivity contribution in [3.8, 4) is 0 Å². The molecule has 0 aliphatic carbocycles. The summed E-state index contributed by atoms with van der Waals surface area (Å²) in [6.45, 7) is 1.74. The molecule has 2 rings (SSSR count). The summed E-state index contributed by atoms with van der Waals surface area (Å²) in [7, 11) is 0. The molecule has 1 aromatic rings. The van der Waals surface area contributed by atoms with Gasteiger partial charge in [-0.1, -0.05) is 15.9 Å². The van der Waals surface area contributed by atoms with E-state index in [9.17, 15) is 4.79 Å². The fourth-order valence-corrected chi connectivity index (χ4v) is 3.85. The van der Waals surface area contributed by atoms with Crippen LogP contribution in [0.5, 0.6) is 0 Å². The maximum absolute atomic E-state index is 11.9. The molecule has 0 bridgehead atoms. The fourth-order valence-electron chi connectivity index (χ4n) is 1.44. The van der Waals surface area contributed by atoms with Gasteiger partial charge in [-0.2, -0.15) is 0 Å². The summed E-state index contributed by atoms with van der Waals surface area (Å²) >= 11 is 11.7. The molecule has 0 radical (unpaired) electrons. The molecule has 1 saturated heterocycles. The number of thiophene rings is 1. The van der Waals surface area contributed by atoms with Crippen LogP contribution in [-0.4, -0.2) is 29.2 Å². The number of halogens is 3. The van der Waals surface area contributed by atoms with Crippen LogP contribution >= 0.6 is 59.1 Å². The maximum atomic E-state index is 11.9. The molecule has 1 amide bonds. The molecule has 1 aliphatic heterocycles. The van der Waals surface area contributed by atoms with Crippen molar-refractivity contribution >= 4 is 65.0 Å². The Balaban J connectivity index is 2.03. The smallest absolute Gasteiger partial charge is 0.264 e. The van der Waals surface area contributed by atoms with Gasteiger partial charge >= 0.3 is 0 Å². The first kappa shape index (κ1) is 12.1. The third-order valence-electron chi connectivity index (χ3n) is 2.32. The summed E-state index contributed by atoms with van der Waals surface area (Å²) in [4.78, 5) is 14.6. The minimum atomic E-state index is 0.142. The molecule has 0 unspecified atom stereocenters. The highest BCUT2D eigenvalue weighted by Crippen LogP contribution is 2.34. The molecule has 0 atom stereocenters. The molecule has 0 aromatic carbocycles. The van der Waals surface area contributed by atoms with Crippen molar-refractivity contribution in [2.45, 2.75) is 0 Å². The average molecular weight is 418 g/mol. The second-order valence-corrected chi connectivity index (χ2v) is 7.33. The standard InChI is InChI=1S/C9H8Br3NOS/c10-2-5-3-13(4-5)9(14)7-1-6(11)8(12)15-7/h1,5H,2-4H2. The number of likely N-dealkylation sites (tertiary alicyclic amines) is 1. The fraction of sp³-hybridized carbons (Fsp3) is 0.444. The van der Waals surface area contributed by atoms with Crippen LogP contribution in [0.15, 0.2) is 14.3 Å². The van der Waals surface area contributed by atoms with Crippen molar-refractivity contribution < 1.29 is 4.79 Å². The summed E-state index contributed by atoms with van der Waals surface area (Å²) in [5.41, 5.74) is 0. The largest absolute Gasteiger partial charge is 0.337 e. The first-order valence-electron chi connectivity index (χ1n) is 4.42. The molecular weight excluding hydrogens is 410 g/mol. The Morgan fingerprint density at radius 1 is 1.53 bits per heavy atom. The molecule has 1 aromatic heterocycles. The van der Waals surface area contributed by atoms with Gasteiger partial charge in [0.25, 0.3) is 5.91 Å². The third-order valence-corrected chi connectivity index (χ3v) is 6.48. The quantitative estimate of drug-likeness (QED) is 0.671. The van der Waals surface area contributed by atoms with E-state index in [1.165, 1.54) is 11.3 Å². The van der Waals surface area contributed by atoms with Crippen LogP contribution < -0.4 is 0 Å². The van der Waals surface area contributed by atoms with Crippen LogP contribution in [0, 0.1) is 5.92 Å². The predicted molar refractivity (Wildman–Crippen MR) is 72.9 cm³/mol. The van der Waals surface area contributed by atoms with Gasteiger partial charge in [-0.05, 0) is 37.9 Å². The maximum Gasteiger partial charge on any atom is 0.264 e. The number of amides is 1. The molecule has 0 N–H and O–H groups in total. The second kappa shape index (κ2) is 4.85. The zero-order valence-corrected chi connectivity index (χ0v) is 13.2. The molecule has 2 heterocycles. The zero-order valence-electron chi connectivity index (χ0n) is 7.67. The first-order valence-corrected chi connectivity index (χ1v) is 7.94. The minimum Gasteiger partial charge on any atom is -0.337 e. The highest BCUT2D eigenvalue weighted by atomic mass is 79.9. The van der Waals surface area contributed by atoms with Gasteiger partial charge in [-0.15, -0.1) is 11.3 Å². The van der Waals surface area contributed by atoms with E-state index < -0.39 is 0 Å². The van der Waals surface area contributed by atoms with Crippen LogP contribution in [0.2, 0.25) is 0 Å². The van der Waals surface area contributed by atoms with Crippen LogP contribution in [-0.2, 0) is 0 Å². The molecule has 15 heavy (non-hydrogen) atoms. The minimum absolute atomic E-state index is 0.142. The van der Waals surface area contributed by atoms with E-state index in [0.717, 1.165) is 31.6 Å². The number of carbonyl (C=O) groups is 1. The Hall–Kier alpha value is 0.610. The Morgan fingerprint density at radius 2 is 2.20 bits per heavy atom. The summed E-state index contributed by atoms with van der Waals surface area (Å²) in [6, 6.07) is 1.87. The highest BCUT2D eigenvalue weighted by Gasteiger charge is 2.31. The van der Waals surface area contributed by atoms with Crippen molar-refractivity contribution in [1.82, 2.24) is 4.90 Å². The molecule has 0 saturated carbocycles. The lowest BCUT2D eigenvalue weighted by Crippen LogP contribution is -2.50. The molecule has 0 spiro atoms. The van der Waals surface area contributed by atoms with E-state index >= 15 is 0 Å². The molecule has 1 fully saturated rings. The number of carbonyl (C=O) groups excluding carboxylic acids is 1. The Bertz CT molecular complexity index is 367. The van der Waals surface area contributed by atoms with Crippen LogP contribution in [0.1, 0.15) is 9.67 Å². The van der Waals surface area contributed by atoms with Gasteiger partial charge in [0.05, 0.1) is 8.66 Å². The van der Waals surface area contributed by atoms with Gasteiger partial charge in [-0.3, -0.25) is 4.79 Å². The normalized spacial score (nSPS) is 16.6. The Morgan fingerprint density at radius 3 is 2.67 bits per heavy atom. The van der Waals surface area contributed by atoms with Crippen LogP contribution in [0.25, 0.3) is 0 Å². The predicted octanol–water partition coefficient (Wildman–Crippen LogP) is 3.74. The van der Waals surface area contributed by atoms with E-state index in [1.807, 2.05) is 11.0 Å². The summed E-state index contributed by atoms with van der Waals surface area (Å²) < 4.78 is 1.93. The lowest BCUT2D eigenvalue weighted by atomic mass is 10.0. The SMILES string of the molecule is O=C(c1cc(Br)c(Br)s1)N1CC(CBr)C1. The van der Waals surface area contributed by atoms with Gasteiger partial charge in [0.1, 0.15) is 0 Å². The lowest BCUT2D eigenvalue weighted by Gasteiger charge is -2.38. The van der Waals surface area contributed by atoms with Crippen molar-refractivity contribution in [1.29, 1.82) is 0 Å². The topological polar surface area (TPSA) is 20.3 Å². The number of hydrogen-bond donors (Lipinski definition) is 0. The first-order chi connectivity index (χ1) is 7.11. The monoisotopic (exact) mass is 415 g/mol. The van der Waals surface area contributed by atoms with Crippen molar-refractivity contribution in [2.24, 2.45) is 5.92 Å². The van der Waals surface area contributed by atoms with E-state index in [2.05, 4.69) is 47.8 Å². The summed E-state index contributed by atoms with van der Waals surface area (Å²) in [5, 5.41) is 0.981. The Kier molecular flexibility index (Phi) is 3.91. The van der Waals surface area contributed by atoms with Gasteiger partial charge in [0.2, 0.25) is 0 Å². The molecule has 6 heteroatoms. The summed E-state index contributed by atoms with van der Waals surface area (Å²) in [6.07, 6.45) is 0. The number of rotatable bonds is 2. The summed E-state index contributed by atoms with van der Waals surface area (Å²) in [5.74, 6) is 0.768. The lowest BCUT2D eigenvalue weighted by molar-refractivity contribution is 0.0544. The second-order valence-electron chi connectivity index (χ2n) is 3.46. The van der Waals surface area contributed by atoms with E-state index in [1.54, 1.807) is 0 Å². The molecule has 1 aliphatic rings. The zero-order chi connectivity index (χ0) is 11.0. The number of hydrogen-bond acceptors (Lipinski definition) is 2. The highest BCUT2D eigenvalue weighted by molar-refractivity contribution is 9.13. The van der Waals surface area contributed by atoms with Crippen LogP contribution in [0.3, 0.4) is 0 Å². The van der Waals surface area contributed by atoms with Crippen molar-refractivity contribution in [3.63, 3.8) is 0 Å². The molecule has 82 valence electrons. The molecule has 2 nitrogen and oxygen atoms in total. The molecular formula is C9H8Br3NOS.